The van der Waals surface area contributed by atoms with Crippen molar-refractivity contribution in [2.75, 3.05) is 6.61 Å². The third-order valence-corrected chi connectivity index (χ3v) is 6.82. The fourth-order valence-corrected chi connectivity index (χ4v) is 4.32. The summed E-state index contributed by atoms with van der Waals surface area (Å²) < 4.78 is 0. The van der Waals surface area contributed by atoms with E-state index in [2.05, 4.69) is 55.6 Å². The average molecular weight is 538 g/mol. The first kappa shape index (κ1) is 36.5. The fraction of sp³-hybridized carbons (Fsp3) is 0.781. The van der Waals surface area contributed by atoms with Crippen LogP contribution in [0.1, 0.15) is 129 Å². The molecule has 0 aromatic heterocycles. The van der Waals surface area contributed by atoms with Crippen molar-refractivity contribution < 1.29 is 25.2 Å². The largest absolute Gasteiger partial charge is 0.394 e. The molecule has 0 rings (SSSR count). The number of amides is 1. The number of rotatable bonds is 26. The summed E-state index contributed by atoms with van der Waals surface area (Å²) >= 11 is 0. The molecule has 0 saturated carbocycles. The zero-order valence-electron chi connectivity index (χ0n) is 24.4. The second-order valence-electron chi connectivity index (χ2n) is 10.4. The van der Waals surface area contributed by atoms with Crippen molar-refractivity contribution in [1.82, 2.24) is 5.32 Å². The molecule has 0 heterocycles. The second-order valence-corrected chi connectivity index (χ2v) is 10.4. The molecule has 0 radical (unpaired) electrons. The SMILES string of the molecule is CC/C=C/CC/C=C/CC/C=C/CCCC(O)C(O)C(CO)NC(=O)C(O)CCCCCCCCCCC. The number of aliphatic hydroxyl groups is 4. The third kappa shape index (κ3) is 21.5. The smallest absolute Gasteiger partial charge is 0.249 e. The van der Waals surface area contributed by atoms with Crippen molar-refractivity contribution in [3.8, 4) is 0 Å². The quantitative estimate of drug-likeness (QED) is 0.0659. The molecule has 0 aliphatic heterocycles. The Bertz CT molecular complexity index is 619. The number of nitrogens with one attached hydrogen (secondary N) is 1. The first-order valence-corrected chi connectivity index (χ1v) is 15.4. The van der Waals surface area contributed by atoms with Crippen molar-refractivity contribution in [3.05, 3.63) is 36.5 Å². The molecule has 6 nitrogen and oxygen atoms in total. The molecule has 0 saturated heterocycles. The minimum Gasteiger partial charge on any atom is -0.394 e. The maximum atomic E-state index is 12.3. The van der Waals surface area contributed by atoms with E-state index in [1.165, 1.54) is 38.5 Å². The van der Waals surface area contributed by atoms with E-state index in [9.17, 15) is 25.2 Å². The van der Waals surface area contributed by atoms with Crippen LogP contribution in [0.2, 0.25) is 0 Å². The summed E-state index contributed by atoms with van der Waals surface area (Å²) in [6.45, 7) is 3.85. The van der Waals surface area contributed by atoms with E-state index in [-0.39, 0.29) is 0 Å². The molecular weight excluding hydrogens is 478 g/mol. The van der Waals surface area contributed by atoms with Crippen LogP contribution < -0.4 is 5.32 Å². The van der Waals surface area contributed by atoms with Crippen LogP contribution >= 0.6 is 0 Å². The fourth-order valence-electron chi connectivity index (χ4n) is 4.32. The van der Waals surface area contributed by atoms with Crippen molar-refractivity contribution in [3.63, 3.8) is 0 Å². The van der Waals surface area contributed by atoms with Gasteiger partial charge in [-0.3, -0.25) is 4.79 Å². The molecule has 0 aromatic carbocycles. The van der Waals surface area contributed by atoms with Crippen molar-refractivity contribution in [1.29, 1.82) is 0 Å². The van der Waals surface area contributed by atoms with Crippen LogP contribution in [0, 0.1) is 0 Å². The normalized spacial score (nSPS) is 15.4. The number of hydrogen-bond donors (Lipinski definition) is 5. The Labute approximate surface area is 233 Å². The zero-order chi connectivity index (χ0) is 28.3. The third-order valence-electron chi connectivity index (χ3n) is 6.82. The van der Waals surface area contributed by atoms with Crippen LogP contribution in [-0.4, -0.2) is 57.3 Å². The summed E-state index contributed by atoms with van der Waals surface area (Å²) in [4.78, 5) is 12.3. The molecule has 4 unspecified atom stereocenters. The van der Waals surface area contributed by atoms with Crippen molar-refractivity contribution in [2.45, 2.75) is 154 Å². The Hall–Kier alpha value is -1.47. The summed E-state index contributed by atoms with van der Waals surface area (Å²) in [5.41, 5.74) is 0. The molecule has 5 N–H and O–H groups in total. The molecule has 222 valence electrons. The van der Waals surface area contributed by atoms with Gasteiger partial charge in [-0.25, -0.2) is 0 Å². The molecule has 0 bridgehead atoms. The Kier molecular flexibility index (Phi) is 26.1. The van der Waals surface area contributed by atoms with E-state index in [0.717, 1.165) is 57.8 Å². The first-order chi connectivity index (χ1) is 18.5. The number of carbonyl (C=O) groups excluding carboxylic acids is 1. The Morgan fingerprint density at radius 1 is 0.658 bits per heavy atom. The summed E-state index contributed by atoms with van der Waals surface area (Å²) in [5.74, 6) is -0.607. The molecule has 1 amide bonds. The Balaban J connectivity index is 4.02. The van der Waals surface area contributed by atoms with E-state index in [0.29, 0.717) is 19.3 Å². The lowest BCUT2D eigenvalue weighted by Gasteiger charge is -2.27. The summed E-state index contributed by atoms with van der Waals surface area (Å²) in [5, 5.41) is 43.0. The average Bonchev–Trinajstić information content (AvgIpc) is 2.92. The lowest BCUT2D eigenvalue weighted by Crippen LogP contribution is -2.53. The number of allylic oxidation sites excluding steroid dienone is 6. The van der Waals surface area contributed by atoms with Gasteiger partial charge < -0.3 is 25.7 Å². The lowest BCUT2D eigenvalue weighted by atomic mass is 10.00. The van der Waals surface area contributed by atoms with E-state index < -0.39 is 36.9 Å². The van der Waals surface area contributed by atoms with Crippen molar-refractivity contribution >= 4 is 5.91 Å². The van der Waals surface area contributed by atoms with E-state index in [4.69, 9.17) is 0 Å². The standard InChI is InChI=1S/C32H59NO5/c1-3-5-7-9-11-13-14-15-16-18-19-21-23-25-29(35)31(37)28(27-34)33-32(38)30(36)26-24-22-20-17-12-10-8-6-4-2/h5,7,13-14,18-19,28-31,34-37H,3-4,6,8-12,15-17,20-27H2,1-2H3,(H,33,38)/b7-5+,14-13+,19-18+. The van der Waals surface area contributed by atoms with Gasteiger partial charge in [0.2, 0.25) is 5.91 Å². The molecule has 0 fully saturated rings. The Morgan fingerprint density at radius 2 is 1.16 bits per heavy atom. The predicted octanol–water partition coefficient (Wildman–Crippen LogP) is 6.28. The summed E-state index contributed by atoms with van der Waals surface area (Å²) in [7, 11) is 0. The first-order valence-electron chi connectivity index (χ1n) is 15.4. The second kappa shape index (κ2) is 27.1. The van der Waals surface area contributed by atoms with Gasteiger partial charge in [-0.2, -0.15) is 0 Å². The monoisotopic (exact) mass is 537 g/mol. The lowest BCUT2D eigenvalue weighted by molar-refractivity contribution is -0.132. The van der Waals surface area contributed by atoms with Gasteiger partial charge in [0.1, 0.15) is 12.2 Å². The number of aliphatic hydroxyl groups excluding tert-OH is 4. The number of unbranched alkanes of at least 4 members (excludes halogenated alkanes) is 11. The highest BCUT2D eigenvalue weighted by Gasteiger charge is 2.28. The highest BCUT2D eigenvalue weighted by Crippen LogP contribution is 2.13. The van der Waals surface area contributed by atoms with Crippen LogP contribution in [0.3, 0.4) is 0 Å². The van der Waals surface area contributed by atoms with E-state index in [1.807, 2.05) is 0 Å². The maximum Gasteiger partial charge on any atom is 0.249 e. The number of carbonyl (C=O) groups is 1. The van der Waals surface area contributed by atoms with Crippen molar-refractivity contribution in [2.24, 2.45) is 0 Å². The molecular formula is C32H59NO5. The van der Waals surface area contributed by atoms with Gasteiger partial charge in [-0.1, -0.05) is 108 Å². The van der Waals surface area contributed by atoms with Crippen LogP contribution in [0.4, 0.5) is 0 Å². The topological polar surface area (TPSA) is 110 Å². The van der Waals surface area contributed by atoms with Crippen LogP contribution in [0.5, 0.6) is 0 Å². The number of hydrogen-bond acceptors (Lipinski definition) is 5. The van der Waals surface area contributed by atoms with Gasteiger partial charge in [0.05, 0.1) is 18.8 Å². The molecule has 0 spiro atoms. The zero-order valence-corrected chi connectivity index (χ0v) is 24.4. The van der Waals surface area contributed by atoms with Gasteiger partial charge in [-0.15, -0.1) is 0 Å². The molecule has 38 heavy (non-hydrogen) atoms. The molecule has 0 aromatic rings. The Morgan fingerprint density at radius 3 is 1.68 bits per heavy atom. The van der Waals surface area contributed by atoms with Crippen LogP contribution in [-0.2, 0) is 4.79 Å². The minimum atomic E-state index is -1.29. The van der Waals surface area contributed by atoms with Gasteiger partial charge in [0.15, 0.2) is 0 Å². The van der Waals surface area contributed by atoms with Gasteiger partial charge in [-0.05, 0) is 57.8 Å². The summed E-state index contributed by atoms with van der Waals surface area (Å²) in [6, 6.07) is -1.00. The van der Waals surface area contributed by atoms with E-state index in [1.54, 1.807) is 0 Å². The molecule has 0 aliphatic carbocycles. The molecule has 0 aliphatic rings. The highest BCUT2D eigenvalue weighted by molar-refractivity contribution is 5.80. The van der Waals surface area contributed by atoms with E-state index >= 15 is 0 Å². The minimum absolute atomic E-state index is 0.358. The van der Waals surface area contributed by atoms with Crippen LogP contribution in [0.15, 0.2) is 36.5 Å². The highest BCUT2D eigenvalue weighted by atomic mass is 16.3. The molecule has 4 atom stereocenters. The van der Waals surface area contributed by atoms with Crippen LogP contribution in [0.25, 0.3) is 0 Å². The maximum absolute atomic E-state index is 12.3. The summed E-state index contributed by atoms with van der Waals surface area (Å²) in [6.07, 6.45) is 27.4. The predicted molar refractivity (Wildman–Crippen MR) is 159 cm³/mol. The molecule has 6 heteroatoms. The van der Waals surface area contributed by atoms with Gasteiger partial charge in [0.25, 0.3) is 0 Å². The van der Waals surface area contributed by atoms with Gasteiger partial charge in [0, 0.05) is 0 Å². The van der Waals surface area contributed by atoms with Gasteiger partial charge >= 0.3 is 0 Å².